The molecule has 13 heavy (non-hydrogen) atoms. The SMILES string of the molecule is CC1(C)CCCC1c1nnc(I)o1. The molecule has 1 aliphatic carbocycles. The molecule has 4 heteroatoms. The lowest BCUT2D eigenvalue weighted by Crippen LogP contribution is -2.15. The van der Waals surface area contributed by atoms with Crippen LogP contribution in [-0.4, -0.2) is 10.2 Å². The predicted molar refractivity (Wildman–Crippen MR) is 57.4 cm³/mol. The molecule has 0 aliphatic heterocycles. The first-order valence-corrected chi connectivity index (χ1v) is 5.66. The van der Waals surface area contributed by atoms with Gasteiger partial charge in [0.05, 0.1) is 0 Å². The maximum Gasteiger partial charge on any atom is 0.278 e. The second-order valence-corrected chi connectivity index (χ2v) is 5.25. The molecule has 1 heterocycles. The van der Waals surface area contributed by atoms with Gasteiger partial charge in [0.1, 0.15) is 0 Å². The highest BCUT2D eigenvalue weighted by Crippen LogP contribution is 2.48. The summed E-state index contributed by atoms with van der Waals surface area (Å²) in [6.45, 7) is 4.56. The van der Waals surface area contributed by atoms with Crippen molar-refractivity contribution < 1.29 is 4.42 Å². The summed E-state index contributed by atoms with van der Waals surface area (Å²) in [4.78, 5) is 0. The first-order chi connectivity index (χ1) is 6.09. The van der Waals surface area contributed by atoms with Crippen LogP contribution in [-0.2, 0) is 0 Å². The van der Waals surface area contributed by atoms with Crippen LogP contribution in [0.5, 0.6) is 0 Å². The van der Waals surface area contributed by atoms with Crippen LogP contribution in [0, 0.1) is 9.31 Å². The van der Waals surface area contributed by atoms with E-state index in [2.05, 4.69) is 46.6 Å². The zero-order chi connectivity index (χ0) is 9.47. The normalized spacial score (nSPS) is 26.5. The van der Waals surface area contributed by atoms with Gasteiger partial charge in [-0.3, -0.25) is 0 Å². The van der Waals surface area contributed by atoms with Crippen molar-refractivity contribution in [2.45, 2.75) is 39.0 Å². The minimum atomic E-state index is 0.329. The van der Waals surface area contributed by atoms with E-state index in [0.717, 1.165) is 5.89 Å². The first kappa shape index (κ1) is 9.43. The molecule has 2 rings (SSSR count). The monoisotopic (exact) mass is 292 g/mol. The van der Waals surface area contributed by atoms with Gasteiger partial charge in [-0.05, 0) is 18.3 Å². The van der Waals surface area contributed by atoms with Gasteiger partial charge < -0.3 is 4.42 Å². The van der Waals surface area contributed by atoms with Crippen LogP contribution in [0.25, 0.3) is 0 Å². The molecule has 0 amide bonds. The highest BCUT2D eigenvalue weighted by molar-refractivity contribution is 14.1. The van der Waals surface area contributed by atoms with Crippen molar-refractivity contribution in [1.29, 1.82) is 0 Å². The number of aromatic nitrogens is 2. The van der Waals surface area contributed by atoms with E-state index >= 15 is 0 Å². The minimum absolute atomic E-state index is 0.329. The highest BCUT2D eigenvalue weighted by atomic mass is 127. The Hall–Kier alpha value is -0.130. The summed E-state index contributed by atoms with van der Waals surface area (Å²) < 4.78 is 6.12. The largest absolute Gasteiger partial charge is 0.416 e. The van der Waals surface area contributed by atoms with Crippen LogP contribution in [0.4, 0.5) is 0 Å². The van der Waals surface area contributed by atoms with Crippen LogP contribution in [0.3, 0.4) is 0 Å². The smallest absolute Gasteiger partial charge is 0.278 e. The zero-order valence-corrected chi connectivity index (χ0v) is 10.0. The third kappa shape index (κ3) is 1.73. The number of hydrogen-bond acceptors (Lipinski definition) is 3. The summed E-state index contributed by atoms with van der Waals surface area (Å²) in [5.74, 6) is 1.29. The van der Waals surface area contributed by atoms with E-state index in [1.165, 1.54) is 19.3 Å². The highest BCUT2D eigenvalue weighted by Gasteiger charge is 2.38. The first-order valence-electron chi connectivity index (χ1n) is 4.58. The molecule has 3 nitrogen and oxygen atoms in total. The Labute approximate surface area is 91.4 Å². The number of rotatable bonds is 1. The van der Waals surface area contributed by atoms with E-state index in [9.17, 15) is 0 Å². The Morgan fingerprint density at radius 2 is 2.23 bits per heavy atom. The fraction of sp³-hybridized carbons (Fsp3) is 0.778. The maximum atomic E-state index is 5.47. The van der Waals surface area contributed by atoms with E-state index in [1.807, 2.05) is 0 Å². The molecule has 0 bridgehead atoms. The third-order valence-electron chi connectivity index (χ3n) is 2.97. The minimum Gasteiger partial charge on any atom is -0.416 e. The average molecular weight is 292 g/mol. The Kier molecular flexibility index (Phi) is 2.33. The third-order valence-corrected chi connectivity index (χ3v) is 3.41. The van der Waals surface area contributed by atoms with Gasteiger partial charge in [0, 0.05) is 28.5 Å². The molecule has 0 N–H and O–H groups in total. The van der Waals surface area contributed by atoms with Crippen molar-refractivity contribution in [2.75, 3.05) is 0 Å². The molecule has 72 valence electrons. The summed E-state index contributed by atoms with van der Waals surface area (Å²) in [6.07, 6.45) is 3.72. The van der Waals surface area contributed by atoms with E-state index in [0.29, 0.717) is 15.2 Å². The lowest BCUT2D eigenvalue weighted by atomic mass is 9.82. The molecule has 1 unspecified atom stereocenters. The summed E-state index contributed by atoms with van der Waals surface area (Å²) in [7, 11) is 0. The maximum absolute atomic E-state index is 5.47. The van der Waals surface area contributed by atoms with Gasteiger partial charge in [0.15, 0.2) is 0 Å². The quantitative estimate of drug-likeness (QED) is 0.747. The Balaban J connectivity index is 2.26. The number of halogens is 1. The van der Waals surface area contributed by atoms with Crippen LogP contribution < -0.4 is 0 Å². The Bertz CT molecular complexity index is 308. The van der Waals surface area contributed by atoms with Gasteiger partial charge in [0.2, 0.25) is 5.89 Å². The van der Waals surface area contributed by atoms with Gasteiger partial charge in [-0.15, -0.1) is 10.2 Å². The summed E-state index contributed by atoms with van der Waals surface area (Å²) in [5, 5.41) is 7.97. The molecule has 1 atom stereocenters. The molecule has 0 aromatic carbocycles. The second-order valence-electron chi connectivity index (χ2n) is 4.33. The van der Waals surface area contributed by atoms with Crippen molar-refractivity contribution in [2.24, 2.45) is 5.41 Å². The zero-order valence-electron chi connectivity index (χ0n) is 7.88. The van der Waals surface area contributed by atoms with E-state index in [-0.39, 0.29) is 0 Å². The summed E-state index contributed by atoms with van der Waals surface area (Å²) in [6, 6.07) is 0. The molecule has 1 aliphatic rings. The topological polar surface area (TPSA) is 38.9 Å². The van der Waals surface area contributed by atoms with Crippen LogP contribution in [0.1, 0.15) is 44.9 Å². The van der Waals surface area contributed by atoms with Crippen molar-refractivity contribution >= 4 is 22.6 Å². The molecule has 1 aromatic heterocycles. The second kappa shape index (κ2) is 3.22. The Morgan fingerprint density at radius 1 is 1.46 bits per heavy atom. The summed E-state index contributed by atoms with van der Waals surface area (Å²) in [5.41, 5.74) is 0.329. The van der Waals surface area contributed by atoms with Crippen molar-refractivity contribution in [1.82, 2.24) is 10.2 Å². The van der Waals surface area contributed by atoms with Crippen LogP contribution >= 0.6 is 22.6 Å². The van der Waals surface area contributed by atoms with Crippen molar-refractivity contribution in [3.8, 4) is 0 Å². The van der Waals surface area contributed by atoms with Gasteiger partial charge >= 0.3 is 0 Å². The predicted octanol–water partition coefficient (Wildman–Crippen LogP) is 2.97. The molecule has 0 saturated heterocycles. The fourth-order valence-corrected chi connectivity index (χ4v) is 2.47. The molecule has 1 aromatic rings. The Morgan fingerprint density at radius 3 is 2.69 bits per heavy atom. The summed E-state index contributed by atoms with van der Waals surface area (Å²) >= 11 is 2.06. The average Bonchev–Trinajstić information content (AvgIpc) is 2.56. The van der Waals surface area contributed by atoms with Crippen molar-refractivity contribution in [3.05, 3.63) is 9.79 Å². The molecule has 0 spiro atoms. The molecule has 0 radical (unpaired) electrons. The van der Waals surface area contributed by atoms with E-state index in [1.54, 1.807) is 0 Å². The van der Waals surface area contributed by atoms with Crippen molar-refractivity contribution in [3.63, 3.8) is 0 Å². The standard InChI is InChI=1S/C9H13IN2O/c1-9(2)5-3-4-6(9)7-11-12-8(10)13-7/h6H,3-5H2,1-2H3. The van der Waals surface area contributed by atoms with Gasteiger partial charge in [0.25, 0.3) is 3.90 Å². The van der Waals surface area contributed by atoms with E-state index < -0.39 is 0 Å². The molecular formula is C9H13IN2O. The molecular weight excluding hydrogens is 279 g/mol. The lowest BCUT2D eigenvalue weighted by molar-refractivity contribution is 0.282. The molecule has 1 saturated carbocycles. The van der Waals surface area contributed by atoms with Crippen LogP contribution in [0.15, 0.2) is 4.42 Å². The van der Waals surface area contributed by atoms with Gasteiger partial charge in [-0.1, -0.05) is 20.3 Å². The van der Waals surface area contributed by atoms with Gasteiger partial charge in [-0.25, -0.2) is 0 Å². The van der Waals surface area contributed by atoms with Crippen LogP contribution in [0.2, 0.25) is 0 Å². The lowest BCUT2D eigenvalue weighted by Gasteiger charge is -2.23. The number of nitrogens with zero attached hydrogens (tertiary/aromatic N) is 2. The number of hydrogen-bond donors (Lipinski definition) is 0. The van der Waals surface area contributed by atoms with Gasteiger partial charge in [-0.2, -0.15) is 0 Å². The van der Waals surface area contributed by atoms with E-state index in [4.69, 9.17) is 4.42 Å². The molecule has 1 fully saturated rings. The fourth-order valence-electron chi connectivity index (χ4n) is 2.14.